The number of unbranched alkanes of at least 4 members (excludes halogenated alkanes) is 7. The molecular weight excluding hydrogens is 225 g/mol. The van der Waals surface area contributed by atoms with Crippen molar-refractivity contribution in [2.24, 2.45) is 0 Å². The predicted molar refractivity (Wildman–Crippen MR) is 48.4 cm³/mol. The summed E-state index contributed by atoms with van der Waals surface area (Å²) in [5.41, 5.74) is 0. The van der Waals surface area contributed by atoms with Crippen LogP contribution in [0.25, 0.3) is 0 Å². The van der Waals surface area contributed by atoms with Gasteiger partial charge in [0, 0.05) is 39.1 Å². The molecule has 0 spiro atoms. The third-order valence-electron chi connectivity index (χ3n) is 1.82. The van der Waals surface area contributed by atoms with Crippen LogP contribution >= 0.6 is 0 Å². The number of rotatable bonds is 8. The molecule has 12 heavy (non-hydrogen) atoms. The van der Waals surface area contributed by atoms with Gasteiger partial charge in [0.1, 0.15) is 6.29 Å². The van der Waals surface area contributed by atoms with E-state index in [2.05, 4.69) is 6.92 Å². The van der Waals surface area contributed by atoms with Gasteiger partial charge >= 0.3 is 0 Å². The fourth-order valence-electron chi connectivity index (χ4n) is 1.11. The fourth-order valence-corrected chi connectivity index (χ4v) is 1.11. The molecule has 0 unspecified atom stereocenters. The van der Waals surface area contributed by atoms with Gasteiger partial charge in [-0.3, -0.25) is 0 Å². The van der Waals surface area contributed by atoms with Crippen LogP contribution in [0.15, 0.2) is 0 Å². The second-order valence-electron chi connectivity index (χ2n) is 2.93. The van der Waals surface area contributed by atoms with Gasteiger partial charge in [0.05, 0.1) is 0 Å². The maximum atomic E-state index is 9.93. The van der Waals surface area contributed by atoms with Crippen LogP contribution in [-0.4, -0.2) is 6.29 Å². The van der Waals surface area contributed by atoms with Crippen LogP contribution in [0.1, 0.15) is 51.4 Å². The van der Waals surface area contributed by atoms with Crippen molar-refractivity contribution in [1.29, 1.82) is 0 Å². The molecule has 0 saturated heterocycles. The Balaban J connectivity index is 0. The molecule has 0 N–H and O–H groups in total. The van der Waals surface area contributed by atoms with Gasteiger partial charge in [0.2, 0.25) is 0 Å². The van der Waals surface area contributed by atoms with Crippen LogP contribution in [-0.2, 0) is 37.5 Å². The van der Waals surface area contributed by atoms with Crippen LogP contribution < -0.4 is 0 Å². The van der Waals surface area contributed by atoms with Gasteiger partial charge < -0.3 is 11.7 Å². The molecule has 0 atom stereocenters. The number of aldehydes is 1. The van der Waals surface area contributed by atoms with Gasteiger partial charge in [-0.15, -0.1) is 0 Å². The van der Waals surface area contributed by atoms with Gasteiger partial charge in [-0.2, -0.15) is 6.42 Å². The summed E-state index contributed by atoms with van der Waals surface area (Å²) in [4.78, 5) is 9.93. The van der Waals surface area contributed by atoms with Crippen molar-refractivity contribution >= 4 is 6.29 Å². The first-order valence-corrected chi connectivity index (χ1v) is 4.64. The monoisotopic (exact) mass is 244 g/mol. The molecule has 0 rings (SSSR count). The van der Waals surface area contributed by atoms with E-state index in [1.165, 1.54) is 32.1 Å². The molecule has 0 aromatic heterocycles. The number of hydrogen-bond acceptors (Lipinski definition) is 1. The van der Waals surface area contributed by atoms with E-state index in [-0.39, 0.29) is 32.7 Å². The summed E-state index contributed by atoms with van der Waals surface area (Å²) in [6.07, 6.45) is 10.3. The van der Waals surface area contributed by atoms with E-state index in [4.69, 9.17) is 0 Å². The van der Waals surface area contributed by atoms with E-state index in [1.54, 1.807) is 0 Å². The Morgan fingerprint density at radius 2 is 1.42 bits per heavy atom. The Hall–Kier alpha value is 0.774. The SMILES string of the molecule is [CH2-]CCCCCCCCC=O.[Y]. The Labute approximate surface area is 102 Å². The Morgan fingerprint density at radius 3 is 1.92 bits per heavy atom. The first kappa shape index (κ1) is 15.3. The molecule has 0 amide bonds. The smallest absolute Gasteiger partial charge is 0.119 e. The summed E-state index contributed by atoms with van der Waals surface area (Å²) in [6.45, 7) is 3.79. The fraction of sp³-hybridized carbons (Fsp3) is 0.800. The molecule has 1 radical (unpaired) electrons. The quantitative estimate of drug-likeness (QED) is 0.364. The van der Waals surface area contributed by atoms with Crippen molar-refractivity contribution < 1.29 is 37.5 Å². The second kappa shape index (κ2) is 14.3. The summed E-state index contributed by atoms with van der Waals surface area (Å²) < 4.78 is 0. The van der Waals surface area contributed by atoms with E-state index >= 15 is 0 Å². The van der Waals surface area contributed by atoms with Crippen molar-refractivity contribution in [3.63, 3.8) is 0 Å². The number of carbonyl (C=O) groups is 1. The first-order valence-electron chi connectivity index (χ1n) is 4.64. The van der Waals surface area contributed by atoms with Crippen molar-refractivity contribution in [3.8, 4) is 0 Å². The molecule has 0 saturated carbocycles. The summed E-state index contributed by atoms with van der Waals surface area (Å²) in [5.74, 6) is 0. The molecule has 0 aliphatic heterocycles. The molecular formula is C10H19OY-. The second-order valence-corrected chi connectivity index (χ2v) is 2.93. The molecule has 0 aliphatic carbocycles. The molecule has 1 nitrogen and oxygen atoms in total. The maximum Gasteiger partial charge on any atom is 0.119 e. The first-order chi connectivity index (χ1) is 5.41. The molecule has 0 heterocycles. The Kier molecular flexibility index (Phi) is 18.2. The summed E-state index contributed by atoms with van der Waals surface area (Å²) >= 11 is 0. The van der Waals surface area contributed by atoms with Crippen molar-refractivity contribution in [2.75, 3.05) is 0 Å². The molecule has 0 fully saturated rings. The molecule has 69 valence electrons. The van der Waals surface area contributed by atoms with Crippen molar-refractivity contribution in [2.45, 2.75) is 51.4 Å². The standard InChI is InChI=1S/C10H19O.Y/c1-2-3-4-5-6-7-8-9-10-11;/h10H,1-9H2;/q-1;. The topological polar surface area (TPSA) is 17.1 Å². The van der Waals surface area contributed by atoms with Crippen LogP contribution in [0.4, 0.5) is 0 Å². The minimum Gasteiger partial charge on any atom is -0.343 e. The zero-order chi connectivity index (χ0) is 8.36. The normalized spacial score (nSPS) is 9.08. The van der Waals surface area contributed by atoms with Crippen LogP contribution in [0.5, 0.6) is 0 Å². The van der Waals surface area contributed by atoms with Gasteiger partial charge in [-0.1, -0.05) is 32.1 Å². The van der Waals surface area contributed by atoms with Gasteiger partial charge in [-0.05, 0) is 6.42 Å². The zero-order valence-electron chi connectivity index (χ0n) is 7.93. The van der Waals surface area contributed by atoms with Crippen LogP contribution in [0.2, 0.25) is 0 Å². The van der Waals surface area contributed by atoms with Gasteiger partial charge in [0.25, 0.3) is 0 Å². The van der Waals surface area contributed by atoms with E-state index in [1.807, 2.05) is 0 Å². The third-order valence-corrected chi connectivity index (χ3v) is 1.82. The summed E-state index contributed by atoms with van der Waals surface area (Å²) in [6, 6.07) is 0. The Bertz CT molecular complexity index is 83.9. The molecule has 0 bridgehead atoms. The Morgan fingerprint density at radius 1 is 0.917 bits per heavy atom. The van der Waals surface area contributed by atoms with E-state index in [0.717, 1.165) is 25.5 Å². The van der Waals surface area contributed by atoms with Crippen molar-refractivity contribution in [3.05, 3.63) is 6.92 Å². The molecule has 0 aliphatic rings. The summed E-state index contributed by atoms with van der Waals surface area (Å²) in [7, 11) is 0. The molecule has 0 aromatic carbocycles. The average Bonchev–Trinajstić information content (AvgIpc) is 2.03. The van der Waals surface area contributed by atoms with Gasteiger partial charge in [-0.25, -0.2) is 0 Å². The number of hydrogen-bond donors (Lipinski definition) is 0. The van der Waals surface area contributed by atoms with Crippen LogP contribution in [0.3, 0.4) is 0 Å². The van der Waals surface area contributed by atoms with E-state index in [0.29, 0.717) is 0 Å². The van der Waals surface area contributed by atoms with Crippen LogP contribution in [0, 0.1) is 6.92 Å². The summed E-state index contributed by atoms with van der Waals surface area (Å²) in [5, 5.41) is 0. The largest absolute Gasteiger partial charge is 0.343 e. The minimum atomic E-state index is 0. The molecule has 0 aromatic rings. The maximum absolute atomic E-state index is 9.93. The van der Waals surface area contributed by atoms with E-state index < -0.39 is 0 Å². The third kappa shape index (κ3) is 13.4. The van der Waals surface area contributed by atoms with Gasteiger partial charge in [0.15, 0.2) is 0 Å². The molecule has 2 heteroatoms. The van der Waals surface area contributed by atoms with E-state index in [9.17, 15) is 4.79 Å². The minimum absolute atomic E-state index is 0. The zero-order valence-corrected chi connectivity index (χ0v) is 10.8. The van der Waals surface area contributed by atoms with Crippen molar-refractivity contribution in [1.82, 2.24) is 0 Å². The number of carbonyl (C=O) groups excluding carboxylic acids is 1. The average molecular weight is 244 g/mol. The predicted octanol–water partition coefficient (Wildman–Crippen LogP) is 3.14.